The van der Waals surface area contributed by atoms with E-state index in [9.17, 15) is 8.42 Å². The minimum atomic E-state index is -3.87. The lowest BCUT2D eigenvalue weighted by Gasteiger charge is -2.24. The van der Waals surface area contributed by atoms with E-state index in [0.29, 0.717) is 28.8 Å². The number of aryl methyl sites for hydroxylation is 2. The van der Waals surface area contributed by atoms with Gasteiger partial charge in [0.25, 0.3) is 10.0 Å². The van der Waals surface area contributed by atoms with E-state index in [2.05, 4.69) is 4.98 Å². The molecule has 4 aromatic rings. The molecule has 0 spiro atoms. The molecule has 7 heteroatoms. The summed E-state index contributed by atoms with van der Waals surface area (Å²) < 4.78 is 39.8. The first-order valence-corrected chi connectivity index (χ1v) is 11.6. The molecule has 6 nitrogen and oxygen atoms in total. The number of anilines is 1. The lowest BCUT2D eigenvalue weighted by atomic mass is 10.2. The zero-order valence-corrected chi connectivity index (χ0v) is 19.0. The topological polar surface area (TPSA) is 72.6 Å². The Labute approximate surface area is 188 Å². The van der Waals surface area contributed by atoms with Gasteiger partial charge in [0.05, 0.1) is 24.2 Å². The van der Waals surface area contributed by atoms with Crippen LogP contribution in [0.5, 0.6) is 5.75 Å². The maximum Gasteiger partial charge on any atom is 0.264 e. The molecule has 0 unspecified atom stereocenters. The maximum atomic E-state index is 13.7. The number of sulfonamides is 1. The predicted molar refractivity (Wildman–Crippen MR) is 124 cm³/mol. The van der Waals surface area contributed by atoms with Gasteiger partial charge in [0, 0.05) is 11.6 Å². The molecule has 0 saturated heterocycles. The van der Waals surface area contributed by atoms with Crippen molar-refractivity contribution in [2.45, 2.75) is 25.3 Å². The average molecular weight is 449 g/mol. The van der Waals surface area contributed by atoms with Crippen molar-refractivity contribution in [2.24, 2.45) is 0 Å². The van der Waals surface area contributed by atoms with E-state index in [4.69, 9.17) is 9.15 Å². The minimum absolute atomic E-state index is 0.0194. The minimum Gasteiger partial charge on any atom is -0.497 e. The van der Waals surface area contributed by atoms with Gasteiger partial charge in [0.1, 0.15) is 17.2 Å². The highest BCUT2D eigenvalue weighted by molar-refractivity contribution is 7.92. The predicted octanol–water partition coefficient (Wildman–Crippen LogP) is 5.36. The fourth-order valence-corrected chi connectivity index (χ4v) is 4.75. The summed E-state index contributed by atoms with van der Waals surface area (Å²) in [5.74, 6) is 1.58. The molecule has 3 aromatic carbocycles. The number of aromatic nitrogens is 1. The number of ether oxygens (including phenoxy) is 1. The van der Waals surface area contributed by atoms with Crippen molar-refractivity contribution in [2.75, 3.05) is 11.4 Å². The molecule has 0 N–H and O–H groups in total. The summed E-state index contributed by atoms with van der Waals surface area (Å²) in [6.45, 7) is 3.72. The van der Waals surface area contributed by atoms with Crippen LogP contribution in [0.1, 0.15) is 17.0 Å². The van der Waals surface area contributed by atoms with Crippen LogP contribution in [0.4, 0.5) is 5.69 Å². The van der Waals surface area contributed by atoms with Gasteiger partial charge in [-0.2, -0.15) is 0 Å². The van der Waals surface area contributed by atoms with Crippen molar-refractivity contribution in [3.8, 4) is 17.2 Å². The fourth-order valence-electron chi connectivity index (χ4n) is 3.33. The van der Waals surface area contributed by atoms with Crippen molar-refractivity contribution in [1.29, 1.82) is 0 Å². The molecule has 0 atom stereocenters. The van der Waals surface area contributed by atoms with E-state index in [1.807, 2.05) is 37.3 Å². The molecule has 164 valence electrons. The molecule has 0 amide bonds. The summed E-state index contributed by atoms with van der Waals surface area (Å²) in [5.41, 5.74) is 2.84. The molecule has 0 aliphatic heterocycles. The third-order valence-corrected chi connectivity index (χ3v) is 6.95. The zero-order valence-electron chi connectivity index (χ0n) is 18.1. The summed E-state index contributed by atoms with van der Waals surface area (Å²) in [5, 5.41) is 0. The highest BCUT2D eigenvalue weighted by atomic mass is 32.2. The van der Waals surface area contributed by atoms with E-state index in [-0.39, 0.29) is 11.4 Å². The summed E-state index contributed by atoms with van der Waals surface area (Å²) in [6.07, 6.45) is 0. The largest absolute Gasteiger partial charge is 0.497 e. The SMILES string of the molecule is COc1cccc(N(Cc2nc(-c3ccccc3)oc2C)S(=O)(=O)c2ccc(C)cc2)c1. The Hall–Kier alpha value is -3.58. The van der Waals surface area contributed by atoms with Crippen molar-refractivity contribution in [3.05, 3.63) is 95.9 Å². The van der Waals surface area contributed by atoms with Crippen molar-refractivity contribution < 1.29 is 17.6 Å². The Morgan fingerprint density at radius 2 is 1.66 bits per heavy atom. The van der Waals surface area contributed by atoms with Crippen LogP contribution in [0.25, 0.3) is 11.5 Å². The number of benzene rings is 3. The third kappa shape index (κ3) is 4.38. The number of hydrogen-bond acceptors (Lipinski definition) is 5. The second-order valence-corrected chi connectivity index (χ2v) is 9.28. The Morgan fingerprint density at radius 1 is 0.938 bits per heavy atom. The van der Waals surface area contributed by atoms with Gasteiger partial charge in [-0.15, -0.1) is 0 Å². The summed E-state index contributed by atoms with van der Waals surface area (Å²) >= 11 is 0. The van der Waals surface area contributed by atoms with Gasteiger partial charge >= 0.3 is 0 Å². The summed E-state index contributed by atoms with van der Waals surface area (Å²) in [7, 11) is -2.32. The van der Waals surface area contributed by atoms with Gasteiger partial charge in [-0.1, -0.05) is 42.0 Å². The van der Waals surface area contributed by atoms with Gasteiger partial charge in [0.15, 0.2) is 0 Å². The average Bonchev–Trinajstić information content (AvgIpc) is 3.18. The first kappa shape index (κ1) is 21.6. The van der Waals surface area contributed by atoms with Crippen molar-refractivity contribution in [1.82, 2.24) is 4.98 Å². The number of nitrogens with zero attached hydrogens (tertiary/aromatic N) is 2. The van der Waals surface area contributed by atoms with Gasteiger partial charge in [-0.3, -0.25) is 4.31 Å². The molecule has 0 bridgehead atoms. The number of methoxy groups -OCH3 is 1. The Bertz CT molecular complexity index is 1310. The highest BCUT2D eigenvalue weighted by Gasteiger charge is 2.28. The molecule has 1 heterocycles. The standard InChI is InChI=1S/C25H24N2O4S/c1-18-12-14-23(15-13-18)32(28,29)27(21-10-7-11-22(16-21)30-3)17-24-19(2)31-25(26-24)20-8-5-4-6-9-20/h4-16H,17H2,1-3H3. The molecular formula is C25H24N2O4S. The Kier molecular flexibility index (Phi) is 6.01. The van der Waals surface area contributed by atoms with Crippen LogP contribution in [-0.2, 0) is 16.6 Å². The van der Waals surface area contributed by atoms with Crippen LogP contribution in [0.2, 0.25) is 0 Å². The fraction of sp³-hybridized carbons (Fsp3) is 0.160. The smallest absolute Gasteiger partial charge is 0.264 e. The van der Waals surface area contributed by atoms with Crippen LogP contribution in [-0.4, -0.2) is 20.5 Å². The molecular weight excluding hydrogens is 424 g/mol. The number of oxazole rings is 1. The van der Waals surface area contributed by atoms with Crippen LogP contribution in [0.3, 0.4) is 0 Å². The van der Waals surface area contributed by atoms with Crippen molar-refractivity contribution >= 4 is 15.7 Å². The van der Waals surface area contributed by atoms with Crippen molar-refractivity contribution in [3.63, 3.8) is 0 Å². The van der Waals surface area contributed by atoms with Gasteiger partial charge in [-0.05, 0) is 50.2 Å². The lowest BCUT2D eigenvalue weighted by Crippen LogP contribution is -2.31. The molecule has 1 aromatic heterocycles. The zero-order chi connectivity index (χ0) is 22.7. The maximum absolute atomic E-state index is 13.7. The van der Waals surface area contributed by atoms with Crippen LogP contribution in [0, 0.1) is 13.8 Å². The van der Waals surface area contributed by atoms with Crippen LogP contribution < -0.4 is 9.04 Å². The Morgan fingerprint density at radius 3 is 2.34 bits per heavy atom. The van der Waals surface area contributed by atoms with Crippen LogP contribution in [0.15, 0.2) is 88.2 Å². The summed E-state index contributed by atoms with van der Waals surface area (Å²) in [4.78, 5) is 4.81. The highest BCUT2D eigenvalue weighted by Crippen LogP contribution is 2.30. The first-order valence-electron chi connectivity index (χ1n) is 10.1. The second kappa shape index (κ2) is 8.88. The molecule has 0 aliphatic rings. The van der Waals surface area contributed by atoms with Gasteiger partial charge in [-0.25, -0.2) is 13.4 Å². The molecule has 0 fully saturated rings. The normalized spacial score (nSPS) is 11.3. The van der Waals surface area contributed by atoms with E-state index in [1.54, 1.807) is 62.6 Å². The molecule has 0 aliphatic carbocycles. The third-order valence-electron chi connectivity index (χ3n) is 5.16. The van der Waals surface area contributed by atoms with Crippen LogP contribution >= 0.6 is 0 Å². The molecule has 4 rings (SSSR count). The first-order chi connectivity index (χ1) is 15.4. The monoisotopic (exact) mass is 448 g/mol. The molecule has 0 saturated carbocycles. The van der Waals surface area contributed by atoms with E-state index in [0.717, 1.165) is 11.1 Å². The van der Waals surface area contributed by atoms with E-state index >= 15 is 0 Å². The number of rotatable bonds is 7. The molecule has 32 heavy (non-hydrogen) atoms. The lowest BCUT2D eigenvalue weighted by molar-refractivity contribution is 0.415. The Balaban J connectivity index is 1.78. The molecule has 0 radical (unpaired) electrons. The second-order valence-electron chi connectivity index (χ2n) is 7.41. The van der Waals surface area contributed by atoms with Gasteiger partial charge < -0.3 is 9.15 Å². The number of hydrogen-bond donors (Lipinski definition) is 0. The van der Waals surface area contributed by atoms with E-state index in [1.165, 1.54) is 4.31 Å². The van der Waals surface area contributed by atoms with E-state index < -0.39 is 10.0 Å². The summed E-state index contributed by atoms with van der Waals surface area (Å²) in [6, 6.07) is 23.3. The van der Waals surface area contributed by atoms with Gasteiger partial charge in [0.2, 0.25) is 5.89 Å². The quantitative estimate of drug-likeness (QED) is 0.380.